The first-order valence-corrected chi connectivity index (χ1v) is 5.19. The fourth-order valence-electron chi connectivity index (χ4n) is 1.02. The first-order valence-electron chi connectivity index (χ1n) is 3.88. The molecule has 2 N–H and O–H groups in total. The number of hydrogen-bond donors (Lipinski definition) is 1. The number of carbonyl (C=O) groups excluding carboxylic acids is 1. The zero-order chi connectivity index (χ0) is 11.5. The van der Waals surface area contributed by atoms with Crippen molar-refractivity contribution in [2.24, 2.45) is 5.73 Å². The van der Waals surface area contributed by atoms with Crippen LogP contribution in [0.3, 0.4) is 0 Å². The second-order valence-electron chi connectivity index (χ2n) is 2.77. The van der Waals surface area contributed by atoms with E-state index in [9.17, 15) is 17.1 Å². The Kier molecular flexibility index (Phi) is 3.25. The molecule has 0 aromatic heterocycles. The van der Waals surface area contributed by atoms with Crippen molar-refractivity contribution in [1.29, 1.82) is 0 Å². The van der Waals surface area contributed by atoms with Crippen LogP contribution in [0.2, 0.25) is 0 Å². The fraction of sp³-hybridized carbons (Fsp3) is 0.125. The molecule has 82 valence electrons. The molecule has 0 aliphatic rings. The minimum absolute atomic E-state index is 0.0659. The highest BCUT2D eigenvalue weighted by atomic mass is 32.3. The van der Waals surface area contributed by atoms with E-state index in [0.29, 0.717) is 5.56 Å². The number of nitrogens with two attached hydrogens (primary N) is 1. The molecule has 0 spiro atoms. The highest BCUT2D eigenvalue weighted by Crippen LogP contribution is 2.16. The Balaban J connectivity index is 2.88. The van der Waals surface area contributed by atoms with Crippen LogP contribution in [0.1, 0.15) is 5.56 Å². The van der Waals surface area contributed by atoms with Crippen molar-refractivity contribution >= 4 is 16.4 Å². The van der Waals surface area contributed by atoms with Crippen LogP contribution in [-0.4, -0.2) is 14.3 Å². The van der Waals surface area contributed by atoms with Gasteiger partial charge >= 0.3 is 10.5 Å². The van der Waals surface area contributed by atoms with Crippen LogP contribution in [-0.2, 0) is 21.7 Å². The normalized spacial score (nSPS) is 11.0. The smallest absolute Gasteiger partial charge is 0.369 e. The molecule has 1 rings (SSSR count). The van der Waals surface area contributed by atoms with Crippen molar-refractivity contribution in [3.8, 4) is 5.75 Å². The van der Waals surface area contributed by atoms with Crippen molar-refractivity contribution in [3.63, 3.8) is 0 Å². The molecular formula is C8H8FNO4S. The maximum absolute atomic E-state index is 12.1. The number of amides is 1. The number of halogens is 1. The van der Waals surface area contributed by atoms with Gasteiger partial charge in [0.25, 0.3) is 0 Å². The van der Waals surface area contributed by atoms with Gasteiger partial charge in [0.05, 0.1) is 6.42 Å². The summed E-state index contributed by atoms with van der Waals surface area (Å²) in [5, 5.41) is 0. The average Bonchev–Trinajstić information content (AvgIpc) is 1.99. The summed E-state index contributed by atoms with van der Waals surface area (Å²) in [5.74, 6) is -0.772. The topological polar surface area (TPSA) is 86.5 Å². The van der Waals surface area contributed by atoms with Crippen molar-refractivity contribution in [2.45, 2.75) is 6.42 Å². The summed E-state index contributed by atoms with van der Waals surface area (Å²) >= 11 is 0. The Morgan fingerprint density at radius 3 is 2.67 bits per heavy atom. The van der Waals surface area contributed by atoms with E-state index in [1.54, 1.807) is 6.07 Å². The fourth-order valence-corrected chi connectivity index (χ4v) is 1.36. The Bertz CT molecular complexity index is 471. The van der Waals surface area contributed by atoms with Crippen molar-refractivity contribution in [3.05, 3.63) is 29.8 Å². The minimum Gasteiger partial charge on any atom is -0.369 e. The summed E-state index contributed by atoms with van der Waals surface area (Å²) in [4.78, 5) is 10.6. The molecule has 0 heterocycles. The molecule has 0 aliphatic carbocycles. The van der Waals surface area contributed by atoms with E-state index in [4.69, 9.17) is 5.73 Å². The van der Waals surface area contributed by atoms with Gasteiger partial charge < -0.3 is 9.92 Å². The van der Waals surface area contributed by atoms with E-state index in [-0.39, 0.29) is 12.2 Å². The molecule has 1 aromatic rings. The largest absolute Gasteiger partial charge is 0.488 e. The van der Waals surface area contributed by atoms with Gasteiger partial charge in [0.1, 0.15) is 5.75 Å². The number of carbonyl (C=O) groups is 1. The van der Waals surface area contributed by atoms with Gasteiger partial charge in [-0.2, -0.15) is 8.42 Å². The molecule has 15 heavy (non-hydrogen) atoms. The lowest BCUT2D eigenvalue weighted by molar-refractivity contribution is -0.117. The lowest BCUT2D eigenvalue weighted by atomic mass is 10.1. The third kappa shape index (κ3) is 4.41. The standard InChI is InChI=1S/C8H8FNO4S/c9-15(12,13)14-7-3-1-2-6(4-7)5-8(10)11/h1-4H,5H2,(H2,10,11). The molecule has 0 aliphatic heterocycles. The minimum atomic E-state index is -5.04. The zero-order valence-electron chi connectivity index (χ0n) is 7.51. The molecule has 1 amide bonds. The van der Waals surface area contributed by atoms with Crippen molar-refractivity contribution in [1.82, 2.24) is 0 Å². The third-order valence-electron chi connectivity index (χ3n) is 1.47. The molecule has 0 saturated heterocycles. The van der Waals surface area contributed by atoms with Crippen LogP contribution >= 0.6 is 0 Å². The van der Waals surface area contributed by atoms with Gasteiger partial charge in [-0.05, 0) is 17.7 Å². The predicted molar refractivity (Wildman–Crippen MR) is 50.0 cm³/mol. The molecule has 5 nitrogen and oxygen atoms in total. The van der Waals surface area contributed by atoms with Gasteiger partial charge in [-0.3, -0.25) is 4.79 Å². The summed E-state index contributed by atoms with van der Waals surface area (Å²) in [7, 11) is -5.04. The number of primary amides is 1. The Labute approximate surface area is 86.1 Å². The Morgan fingerprint density at radius 1 is 1.47 bits per heavy atom. The van der Waals surface area contributed by atoms with E-state index in [1.807, 2.05) is 0 Å². The molecule has 0 unspecified atom stereocenters. The first-order chi connectivity index (χ1) is 6.87. The van der Waals surface area contributed by atoms with Gasteiger partial charge in [0.15, 0.2) is 0 Å². The summed E-state index contributed by atoms with van der Waals surface area (Å²) in [6, 6.07) is 5.45. The van der Waals surface area contributed by atoms with E-state index >= 15 is 0 Å². The lowest BCUT2D eigenvalue weighted by Crippen LogP contribution is -2.13. The van der Waals surface area contributed by atoms with Crippen LogP contribution < -0.4 is 9.92 Å². The van der Waals surface area contributed by atoms with E-state index in [2.05, 4.69) is 4.18 Å². The number of benzene rings is 1. The maximum Gasteiger partial charge on any atom is 0.488 e. The van der Waals surface area contributed by atoms with Gasteiger partial charge in [-0.25, -0.2) is 0 Å². The molecule has 0 radical (unpaired) electrons. The van der Waals surface area contributed by atoms with Crippen LogP contribution in [0.4, 0.5) is 3.89 Å². The maximum atomic E-state index is 12.1. The third-order valence-corrected chi connectivity index (χ3v) is 1.86. The molecular weight excluding hydrogens is 225 g/mol. The van der Waals surface area contributed by atoms with Gasteiger partial charge in [0.2, 0.25) is 5.91 Å². The van der Waals surface area contributed by atoms with Crippen molar-refractivity contribution in [2.75, 3.05) is 0 Å². The Morgan fingerprint density at radius 2 is 2.13 bits per heavy atom. The summed E-state index contributed by atoms with van der Waals surface area (Å²) in [6.07, 6.45) is -0.0659. The summed E-state index contributed by atoms with van der Waals surface area (Å²) in [5.41, 5.74) is 5.38. The highest BCUT2D eigenvalue weighted by Gasteiger charge is 2.09. The SMILES string of the molecule is NC(=O)Cc1cccc(OS(=O)(=O)F)c1. The summed E-state index contributed by atoms with van der Waals surface area (Å²) < 4.78 is 36.4. The van der Waals surface area contributed by atoms with E-state index < -0.39 is 16.4 Å². The van der Waals surface area contributed by atoms with Crippen molar-refractivity contribution < 1.29 is 21.3 Å². The molecule has 0 atom stereocenters. The molecule has 1 aromatic carbocycles. The van der Waals surface area contributed by atoms with E-state index in [1.165, 1.54) is 18.2 Å². The second kappa shape index (κ2) is 4.26. The predicted octanol–water partition coefficient (Wildman–Crippen LogP) is 0.308. The van der Waals surface area contributed by atoms with Gasteiger partial charge in [-0.15, -0.1) is 0 Å². The zero-order valence-corrected chi connectivity index (χ0v) is 8.33. The molecule has 0 fully saturated rings. The quantitative estimate of drug-likeness (QED) is 0.758. The Hall–Kier alpha value is -1.63. The highest BCUT2D eigenvalue weighted by molar-refractivity contribution is 7.81. The van der Waals surface area contributed by atoms with Gasteiger partial charge in [0, 0.05) is 0 Å². The lowest BCUT2D eigenvalue weighted by Gasteiger charge is -2.02. The monoisotopic (exact) mass is 233 g/mol. The first kappa shape index (κ1) is 11.4. The van der Waals surface area contributed by atoms with Gasteiger partial charge in [-0.1, -0.05) is 16.0 Å². The number of hydrogen-bond acceptors (Lipinski definition) is 4. The second-order valence-corrected chi connectivity index (χ2v) is 3.72. The average molecular weight is 233 g/mol. The van der Waals surface area contributed by atoms with Crippen LogP contribution in [0.25, 0.3) is 0 Å². The van der Waals surface area contributed by atoms with Crippen LogP contribution in [0.15, 0.2) is 24.3 Å². The molecule has 7 heteroatoms. The van der Waals surface area contributed by atoms with Crippen LogP contribution in [0.5, 0.6) is 5.75 Å². The van der Waals surface area contributed by atoms with E-state index in [0.717, 1.165) is 0 Å². The summed E-state index contributed by atoms with van der Waals surface area (Å²) in [6.45, 7) is 0. The van der Waals surface area contributed by atoms with Crippen LogP contribution in [0, 0.1) is 0 Å². The molecule has 0 bridgehead atoms. The molecule has 0 saturated carbocycles. The number of rotatable bonds is 4.